The van der Waals surface area contributed by atoms with Crippen LogP contribution in [0.15, 0.2) is 24.3 Å². The summed E-state index contributed by atoms with van der Waals surface area (Å²) < 4.78 is 24.9. The zero-order valence-electron chi connectivity index (χ0n) is 27.9. The minimum absolute atomic E-state index is 0.0108. The number of aromatic carboxylic acids is 1. The number of fused-ring (bicyclic) bond motifs is 1. The molecule has 1 aliphatic heterocycles. The summed E-state index contributed by atoms with van der Waals surface area (Å²) in [5, 5.41) is 15.7. The van der Waals surface area contributed by atoms with Crippen LogP contribution in [0.1, 0.15) is 89.0 Å². The largest absolute Gasteiger partial charge is 0.477 e. The van der Waals surface area contributed by atoms with Crippen LogP contribution in [0.25, 0.3) is 10.9 Å². The van der Waals surface area contributed by atoms with Crippen LogP contribution in [0.3, 0.4) is 0 Å². The van der Waals surface area contributed by atoms with E-state index in [-0.39, 0.29) is 41.4 Å². The molecular formula is C35H49FN4O7. The fraction of sp³-hybridized carbons (Fsp3) is 0.657. The van der Waals surface area contributed by atoms with E-state index in [1.54, 1.807) is 51.0 Å². The molecule has 0 bridgehead atoms. The smallest absolute Gasteiger partial charge is 0.407 e. The fourth-order valence-corrected chi connectivity index (χ4v) is 7.93. The molecule has 5 rings (SSSR count). The number of anilines is 1. The number of amides is 3. The third-order valence-corrected chi connectivity index (χ3v) is 10.3. The molecule has 2 aliphatic carbocycles. The van der Waals surface area contributed by atoms with E-state index in [0.717, 1.165) is 32.1 Å². The molecule has 2 aromatic rings. The van der Waals surface area contributed by atoms with Gasteiger partial charge in [-0.1, -0.05) is 0 Å². The van der Waals surface area contributed by atoms with E-state index in [0.29, 0.717) is 54.7 Å². The monoisotopic (exact) mass is 656 g/mol. The molecule has 1 aromatic heterocycles. The summed E-state index contributed by atoms with van der Waals surface area (Å²) >= 11 is 0. The Kier molecular flexibility index (Phi) is 10.8. The molecule has 3 aliphatic rings. The lowest BCUT2D eigenvalue weighted by Crippen LogP contribution is -2.50. The number of aromatic nitrogens is 1. The van der Waals surface area contributed by atoms with E-state index >= 15 is 0 Å². The maximum absolute atomic E-state index is 14.1. The van der Waals surface area contributed by atoms with Crippen molar-refractivity contribution in [2.45, 2.75) is 102 Å². The number of hydrogen-bond acceptors (Lipinski definition) is 6. The van der Waals surface area contributed by atoms with Crippen LogP contribution in [0.2, 0.25) is 0 Å². The standard InChI is InChI=1S/C35H49FN4O7/c1-35(2,3)47-34(45)39-29(19-36)21-5-7-22(8-6-21)32(42)40-16-15-26(20-9-12-25(46-4)13-10-20)30(40)31(41)37-24-11-14-27-23(17-24)18-28(38-27)33(43)44/h11,14,17-18,20-22,25-26,29-30,38H,5-10,12-13,15-16,19H2,1-4H3,(H,37,41)(H,39,45)(H,43,44)/t20?,21?,22?,25?,26-,29-,30-/m1/s1. The number of H-pyrrole nitrogens is 1. The molecule has 1 aromatic carbocycles. The normalized spacial score (nSPS) is 27.3. The quantitative estimate of drug-likeness (QED) is 0.263. The third kappa shape index (κ3) is 8.25. The highest BCUT2D eigenvalue weighted by atomic mass is 19.1. The summed E-state index contributed by atoms with van der Waals surface area (Å²) in [6.07, 6.45) is 6.31. The highest BCUT2D eigenvalue weighted by molar-refractivity contribution is 6.00. The predicted molar refractivity (Wildman–Crippen MR) is 175 cm³/mol. The maximum Gasteiger partial charge on any atom is 0.407 e. The molecule has 3 fully saturated rings. The van der Waals surface area contributed by atoms with E-state index in [1.165, 1.54) is 6.07 Å². The predicted octanol–water partition coefficient (Wildman–Crippen LogP) is 5.90. The second-order valence-corrected chi connectivity index (χ2v) is 14.5. The summed E-state index contributed by atoms with van der Waals surface area (Å²) in [5.74, 6) is -1.43. The molecule has 4 N–H and O–H groups in total. The van der Waals surface area contributed by atoms with Gasteiger partial charge >= 0.3 is 12.1 Å². The summed E-state index contributed by atoms with van der Waals surface area (Å²) in [5.41, 5.74) is 0.566. The number of ether oxygens (including phenoxy) is 2. The van der Waals surface area contributed by atoms with Crippen LogP contribution < -0.4 is 10.6 Å². The van der Waals surface area contributed by atoms with Crippen molar-refractivity contribution in [3.63, 3.8) is 0 Å². The van der Waals surface area contributed by atoms with Crippen molar-refractivity contribution < 1.29 is 38.1 Å². The van der Waals surface area contributed by atoms with Crippen molar-refractivity contribution in [1.82, 2.24) is 15.2 Å². The average molecular weight is 657 g/mol. The zero-order valence-corrected chi connectivity index (χ0v) is 27.9. The van der Waals surface area contributed by atoms with Gasteiger partial charge in [-0.3, -0.25) is 9.59 Å². The van der Waals surface area contributed by atoms with Gasteiger partial charge in [0.15, 0.2) is 0 Å². The van der Waals surface area contributed by atoms with E-state index < -0.39 is 36.4 Å². The van der Waals surface area contributed by atoms with Crippen molar-refractivity contribution >= 4 is 40.5 Å². The number of benzene rings is 1. The van der Waals surface area contributed by atoms with Gasteiger partial charge in [-0.05, 0) is 121 Å². The first-order valence-electron chi connectivity index (χ1n) is 16.9. The topological polar surface area (TPSA) is 150 Å². The van der Waals surface area contributed by atoms with Crippen LogP contribution >= 0.6 is 0 Å². The number of hydrogen-bond donors (Lipinski definition) is 4. The molecular weight excluding hydrogens is 607 g/mol. The minimum Gasteiger partial charge on any atom is -0.477 e. The number of carboxylic acid groups (broad SMARTS) is 1. The number of nitrogens with zero attached hydrogens (tertiary/aromatic N) is 1. The van der Waals surface area contributed by atoms with Gasteiger partial charge in [0.2, 0.25) is 11.8 Å². The Morgan fingerprint density at radius 2 is 1.72 bits per heavy atom. The second kappa shape index (κ2) is 14.6. The van der Waals surface area contributed by atoms with Crippen molar-refractivity contribution in [2.24, 2.45) is 23.7 Å². The van der Waals surface area contributed by atoms with Crippen molar-refractivity contribution in [2.75, 3.05) is 25.6 Å². The molecule has 47 heavy (non-hydrogen) atoms. The van der Waals surface area contributed by atoms with Crippen LogP contribution in [0.4, 0.5) is 14.9 Å². The molecule has 1 saturated heterocycles. The number of likely N-dealkylation sites (tertiary alicyclic amines) is 1. The van der Waals surface area contributed by atoms with Gasteiger partial charge in [0.25, 0.3) is 0 Å². The van der Waals surface area contributed by atoms with Gasteiger partial charge in [-0.15, -0.1) is 0 Å². The van der Waals surface area contributed by atoms with Crippen LogP contribution in [-0.2, 0) is 19.1 Å². The summed E-state index contributed by atoms with van der Waals surface area (Å²) in [6, 6.07) is 5.43. The lowest BCUT2D eigenvalue weighted by atomic mass is 9.75. The molecule has 2 heterocycles. The molecule has 11 nitrogen and oxygen atoms in total. The number of carbonyl (C=O) groups is 4. The summed E-state index contributed by atoms with van der Waals surface area (Å²) in [7, 11) is 1.73. The van der Waals surface area contributed by atoms with Crippen molar-refractivity contribution in [1.29, 1.82) is 0 Å². The maximum atomic E-state index is 14.1. The first-order chi connectivity index (χ1) is 22.4. The first kappa shape index (κ1) is 34.7. The van der Waals surface area contributed by atoms with Crippen molar-refractivity contribution in [3.8, 4) is 0 Å². The number of halogens is 1. The molecule has 3 amide bonds. The Balaban J connectivity index is 1.28. The number of nitrogens with one attached hydrogen (secondary N) is 3. The minimum atomic E-state index is -1.06. The van der Waals surface area contributed by atoms with Crippen LogP contribution in [0.5, 0.6) is 0 Å². The Morgan fingerprint density at radius 1 is 1.02 bits per heavy atom. The van der Waals surface area contributed by atoms with Crippen molar-refractivity contribution in [3.05, 3.63) is 30.0 Å². The number of alkyl halides is 1. The molecule has 258 valence electrons. The van der Waals surface area contributed by atoms with Gasteiger partial charge in [0.1, 0.15) is 24.0 Å². The molecule has 3 atom stereocenters. The van der Waals surface area contributed by atoms with E-state index in [1.807, 2.05) is 0 Å². The summed E-state index contributed by atoms with van der Waals surface area (Å²) in [6.45, 7) is 5.05. The number of carboxylic acids is 1. The Labute approximate surface area is 275 Å². The third-order valence-electron chi connectivity index (χ3n) is 10.3. The van der Waals surface area contributed by atoms with Gasteiger partial charge in [0.05, 0.1) is 12.1 Å². The molecule has 0 spiro atoms. The number of rotatable bonds is 9. The molecule has 0 unspecified atom stereocenters. The molecule has 0 radical (unpaired) electrons. The lowest BCUT2D eigenvalue weighted by Gasteiger charge is -2.38. The van der Waals surface area contributed by atoms with Gasteiger partial charge in [0, 0.05) is 36.2 Å². The number of carbonyl (C=O) groups excluding carboxylic acids is 3. The van der Waals surface area contributed by atoms with E-state index in [2.05, 4.69) is 15.6 Å². The fourth-order valence-electron chi connectivity index (χ4n) is 7.93. The van der Waals surface area contributed by atoms with Gasteiger partial charge in [-0.2, -0.15) is 0 Å². The number of aromatic amines is 1. The molecule has 12 heteroatoms. The number of methoxy groups -OCH3 is 1. The van der Waals surface area contributed by atoms with Crippen LogP contribution in [-0.4, -0.2) is 83.0 Å². The van der Waals surface area contributed by atoms with Crippen LogP contribution in [0, 0.1) is 23.7 Å². The van der Waals surface area contributed by atoms with Gasteiger partial charge in [-0.25, -0.2) is 14.0 Å². The Hall–Kier alpha value is -3.67. The van der Waals surface area contributed by atoms with E-state index in [4.69, 9.17) is 9.47 Å². The van der Waals surface area contributed by atoms with Gasteiger partial charge < -0.3 is 35.1 Å². The Morgan fingerprint density at radius 3 is 2.34 bits per heavy atom. The Bertz CT molecular complexity index is 1440. The first-order valence-corrected chi connectivity index (χ1v) is 16.9. The SMILES string of the molecule is COC1CCC([C@H]2CCN(C(=O)C3CCC([C@@H](CF)NC(=O)OC(C)(C)C)CC3)[C@H]2C(=O)Nc2ccc3[nH]c(C(=O)O)cc3c2)CC1. The average Bonchev–Trinajstić information content (AvgIpc) is 3.68. The highest BCUT2D eigenvalue weighted by Crippen LogP contribution is 2.42. The zero-order chi connectivity index (χ0) is 33.9. The number of alkyl carbamates (subject to hydrolysis) is 1. The molecule has 2 saturated carbocycles. The summed E-state index contributed by atoms with van der Waals surface area (Å²) in [4.78, 5) is 56.6. The lowest BCUT2D eigenvalue weighted by molar-refractivity contribution is -0.142. The highest BCUT2D eigenvalue weighted by Gasteiger charge is 2.47. The van der Waals surface area contributed by atoms with E-state index in [9.17, 15) is 28.7 Å². The second-order valence-electron chi connectivity index (χ2n) is 14.5.